The highest BCUT2D eigenvalue weighted by molar-refractivity contribution is 5.93. The monoisotopic (exact) mass is 424 g/mol. The molecule has 1 N–H and O–H groups in total. The fourth-order valence-electron chi connectivity index (χ4n) is 7.32. The van der Waals surface area contributed by atoms with Crippen molar-refractivity contribution in [3.05, 3.63) is 70.3 Å². The second-order valence-corrected chi connectivity index (χ2v) is 10.2. The summed E-state index contributed by atoms with van der Waals surface area (Å²) in [5, 5.41) is 11.7. The van der Waals surface area contributed by atoms with E-state index in [-0.39, 0.29) is 23.0 Å². The predicted molar refractivity (Wildman–Crippen MR) is 116 cm³/mol. The third kappa shape index (κ3) is 3.09. The first-order valence-electron chi connectivity index (χ1n) is 11.5. The first-order valence-corrected chi connectivity index (χ1v) is 11.5. The zero-order valence-electron chi connectivity index (χ0n) is 18.3. The van der Waals surface area contributed by atoms with Crippen molar-refractivity contribution in [2.75, 3.05) is 0 Å². The predicted octanol–water partition coefficient (Wildman–Crippen LogP) is 6.17. The highest BCUT2D eigenvalue weighted by Gasteiger charge is 2.61. The Bertz CT molecular complexity index is 1020. The molecule has 4 aliphatic rings. The van der Waals surface area contributed by atoms with Gasteiger partial charge < -0.3 is 5.11 Å². The van der Waals surface area contributed by atoms with E-state index >= 15 is 0 Å². The maximum Gasteiger partial charge on any atom is 0.156 e. The fraction of sp³-hybridized carbons (Fsp3) is 0.519. The first kappa shape index (κ1) is 20.8. The molecule has 0 aromatic heterocycles. The van der Waals surface area contributed by atoms with E-state index in [9.17, 15) is 18.7 Å². The molecule has 1 aromatic rings. The first-order chi connectivity index (χ1) is 14.8. The van der Waals surface area contributed by atoms with Crippen molar-refractivity contribution in [3.63, 3.8) is 0 Å². The average molecular weight is 425 g/mol. The van der Waals surface area contributed by atoms with Crippen LogP contribution >= 0.6 is 0 Å². The SMILES string of the molecule is CC=C[C@]1(O)CC[C@H]2[C@@H]3CCC4=CC(=O)CCC4=C3[C@@H](c3cc(F)cc(F)c3)C[C@@]21C. The zero-order valence-corrected chi connectivity index (χ0v) is 18.3. The van der Waals surface area contributed by atoms with E-state index in [0.29, 0.717) is 37.2 Å². The maximum atomic E-state index is 14.3. The van der Waals surface area contributed by atoms with Crippen LogP contribution in [0.15, 0.2) is 53.1 Å². The van der Waals surface area contributed by atoms with Crippen LogP contribution in [0.5, 0.6) is 0 Å². The molecule has 2 nitrogen and oxygen atoms in total. The van der Waals surface area contributed by atoms with E-state index in [1.165, 1.54) is 23.3 Å². The molecule has 0 radical (unpaired) electrons. The standard InChI is InChI=1S/C27H30F2O2/c1-3-9-27(31)10-8-24-22-6-4-16-13-20(30)5-7-21(16)25(22)23(15-26(24,27)2)17-11-18(28)14-19(29)12-17/h3,9,11-14,22-24,31H,4-8,10,15H2,1-2H3/t22-,23+,24-,26-,27-/m0/s1. The van der Waals surface area contributed by atoms with Gasteiger partial charge in [-0.25, -0.2) is 8.78 Å². The third-order valence-electron chi connectivity index (χ3n) is 8.68. The molecular formula is C27H30F2O2. The quantitative estimate of drug-likeness (QED) is 0.576. The van der Waals surface area contributed by atoms with Crippen molar-refractivity contribution in [1.82, 2.24) is 0 Å². The minimum Gasteiger partial charge on any atom is -0.385 e. The van der Waals surface area contributed by atoms with Gasteiger partial charge in [0, 0.05) is 23.8 Å². The van der Waals surface area contributed by atoms with E-state index in [1.807, 2.05) is 19.1 Å². The Morgan fingerprint density at radius 1 is 1.10 bits per heavy atom. The largest absolute Gasteiger partial charge is 0.385 e. The van der Waals surface area contributed by atoms with Gasteiger partial charge in [0.15, 0.2) is 5.78 Å². The maximum absolute atomic E-state index is 14.3. The zero-order chi connectivity index (χ0) is 22.0. The Kier molecular flexibility index (Phi) is 4.85. The number of benzene rings is 1. The molecule has 0 amide bonds. The van der Waals surface area contributed by atoms with Gasteiger partial charge in [0.2, 0.25) is 0 Å². The van der Waals surface area contributed by atoms with E-state index in [4.69, 9.17) is 0 Å². The molecule has 5 atom stereocenters. The minimum absolute atomic E-state index is 0.154. The Balaban J connectivity index is 1.71. The van der Waals surface area contributed by atoms with E-state index in [2.05, 4.69) is 6.92 Å². The van der Waals surface area contributed by atoms with Gasteiger partial charge in [-0.15, -0.1) is 0 Å². The van der Waals surface area contributed by atoms with Gasteiger partial charge >= 0.3 is 0 Å². The van der Waals surface area contributed by atoms with Crippen LogP contribution in [0, 0.1) is 28.9 Å². The Morgan fingerprint density at radius 3 is 2.55 bits per heavy atom. The van der Waals surface area contributed by atoms with Crippen molar-refractivity contribution in [2.24, 2.45) is 17.3 Å². The molecular weight excluding hydrogens is 394 g/mol. The molecule has 164 valence electrons. The molecule has 0 aliphatic heterocycles. The number of ketones is 1. The highest BCUT2D eigenvalue weighted by atomic mass is 19.1. The van der Waals surface area contributed by atoms with Crippen LogP contribution in [0.1, 0.15) is 70.3 Å². The van der Waals surface area contributed by atoms with Crippen LogP contribution in [-0.2, 0) is 4.79 Å². The minimum atomic E-state index is -0.911. The van der Waals surface area contributed by atoms with Gasteiger partial charge in [-0.2, -0.15) is 0 Å². The van der Waals surface area contributed by atoms with Crippen LogP contribution in [0.3, 0.4) is 0 Å². The molecule has 0 unspecified atom stereocenters. The van der Waals surface area contributed by atoms with Gasteiger partial charge in [0.05, 0.1) is 5.60 Å². The summed E-state index contributed by atoms with van der Waals surface area (Å²) in [7, 11) is 0. The molecule has 0 spiro atoms. The van der Waals surface area contributed by atoms with Gasteiger partial charge in [-0.3, -0.25) is 4.79 Å². The molecule has 31 heavy (non-hydrogen) atoms. The lowest BCUT2D eigenvalue weighted by atomic mass is 9.51. The second kappa shape index (κ2) is 7.23. The van der Waals surface area contributed by atoms with Crippen molar-refractivity contribution in [1.29, 1.82) is 0 Å². The topological polar surface area (TPSA) is 37.3 Å². The number of allylic oxidation sites excluding steroid dienone is 5. The highest BCUT2D eigenvalue weighted by Crippen LogP contribution is 2.67. The normalized spacial score (nSPS) is 37.5. The number of carbonyl (C=O) groups is 1. The number of hydrogen-bond acceptors (Lipinski definition) is 2. The third-order valence-corrected chi connectivity index (χ3v) is 8.68. The number of aliphatic hydroxyl groups is 1. The van der Waals surface area contributed by atoms with Crippen LogP contribution in [0.25, 0.3) is 0 Å². The smallest absolute Gasteiger partial charge is 0.156 e. The molecule has 4 heteroatoms. The molecule has 2 fully saturated rings. The van der Waals surface area contributed by atoms with Crippen LogP contribution in [-0.4, -0.2) is 16.5 Å². The van der Waals surface area contributed by atoms with Crippen molar-refractivity contribution < 1.29 is 18.7 Å². The summed E-state index contributed by atoms with van der Waals surface area (Å²) in [6.45, 7) is 4.10. The lowest BCUT2D eigenvalue weighted by molar-refractivity contribution is -0.114. The van der Waals surface area contributed by atoms with Gasteiger partial charge in [0.1, 0.15) is 11.6 Å². The van der Waals surface area contributed by atoms with Crippen molar-refractivity contribution in [2.45, 2.75) is 70.3 Å². The van der Waals surface area contributed by atoms with E-state index < -0.39 is 17.2 Å². The van der Waals surface area contributed by atoms with Crippen molar-refractivity contribution in [3.8, 4) is 0 Å². The second-order valence-electron chi connectivity index (χ2n) is 10.2. The molecule has 0 bridgehead atoms. The Hall–Kier alpha value is -2.07. The number of carbonyl (C=O) groups excluding carboxylic acids is 1. The summed E-state index contributed by atoms with van der Waals surface area (Å²) < 4.78 is 28.5. The molecule has 5 rings (SSSR count). The molecule has 0 saturated heterocycles. The summed E-state index contributed by atoms with van der Waals surface area (Å²) in [6, 6.07) is 3.83. The number of rotatable bonds is 2. The Morgan fingerprint density at radius 2 is 1.84 bits per heavy atom. The number of fused-ring (bicyclic) bond motifs is 4. The fourth-order valence-corrected chi connectivity index (χ4v) is 7.32. The summed E-state index contributed by atoms with van der Waals surface area (Å²) >= 11 is 0. The van der Waals surface area contributed by atoms with Crippen LogP contribution < -0.4 is 0 Å². The number of halogens is 2. The molecule has 2 saturated carbocycles. The summed E-state index contributed by atoms with van der Waals surface area (Å²) in [5.74, 6) is -0.511. The lowest BCUT2D eigenvalue weighted by Crippen LogP contribution is -2.50. The molecule has 1 aromatic carbocycles. The molecule has 0 heterocycles. The molecule has 4 aliphatic carbocycles. The van der Waals surface area contributed by atoms with Gasteiger partial charge in [-0.05, 0) is 92.2 Å². The average Bonchev–Trinajstić information content (AvgIpc) is 2.97. The summed E-state index contributed by atoms with van der Waals surface area (Å²) in [6.07, 6.45) is 11.0. The summed E-state index contributed by atoms with van der Waals surface area (Å²) in [4.78, 5) is 12.1. The van der Waals surface area contributed by atoms with Crippen LogP contribution in [0.4, 0.5) is 8.78 Å². The van der Waals surface area contributed by atoms with E-state index in [0.717, 1.165) is 30.9 Å². The van der Waals surface area contributed by atoms with Gasteiger partial charge in [0.25, 0.3) is 0 Å². The van der Waals surface area contributed by atoms with Crippen LogP contribution in [0.2, 0.25) is 0 Å². The lowest BCUT2D eigenvalue weighted by Gasteiger charge is -2.54. The van der Waals surface area contributed by atoms with Gasteiger partial charge in [-0.1, -0.05) is 24.6 Å². The van der Waals surface area contributed by atoms with E-state index in [1.54, 1.807) is 6.08 Å². The Labute approximate surface area is 182 Å². The summed E-state index contributed by atoms with van der Waals surface area (Å²) in [5.41, 5.74) is 3.02. The van der Waals surface area contributed by atoms with Crippen molar-refractivity contribution >= 4 is 5.78 Å². The number of hydrogen-bond donors (Lipinski definition) is 1.